The lowest BCUT2D eigenvalue weighted by molar-refractivity contribution is -0.274. The van der Waals surface area contributed by atoms with Gasteiger partial charge < -0.3 is 14.0 Å². The average Bonchev–Trinajstić information content (AvgIpc) is 3.48. The molecule has 3 aromatic heterocycles. The summed E-state index contributed by atoms with van der Waals surface area (Å²) in [6.45, 7) is 1.37. The largest absolute Gasteiger partial charge is 0.573 e. The molecule has 5 rings (SSSR count). The van der Waals surface area contributed by atoms with Crippen LogP contribution < -0.4 is 4.74 Å². The van der Waals surface area contributed by atoms with Gasteiger partial charge in [0.05, 0.1) is 12.3 Å². The topological polar surface area (TPSA) is 66.5 Å². The summed E-state index contributed by atoms with van der Waals surface area (Å²) in [6, 6.07) is 15.1. The van der Waals surface area contributed by atoms with Crippen molar-refractivity contribution in [2.45, 2.75) is 26.0 Å². The van der Waals surface area contributed by atoms with Crippen LogP contribution in [0.3, 0.4) is 0 Å². The van der Waals surface area contributed by atoms with Crippen LogP contribution in [0.25, 0.3) is 22.5 Å². The Morgan fingerprint density at radius 3 is 2.30 bits per heavy atom. The van der Waals surface area contributed by atoms with E-state index in [1.54, 1.807) is 54.2 Å². The highest BCUT2D eigenvalue weighted by atomic mass is 19.4. The van der Waals surface area contributed by atoms with Crippen molar-refractivity contribution in [1.82, 2.24) is 24.1 Å². The number of benzene rings is 2. The molecule has 0 aliphatic heterocycles. The van der Waals surface area contributed by atoms with Gasteiger partial charge in [-0.15, -0.1) is 23.4 Å². The van der Waals surface area contributed by atoms with Gasteiger partial charge in [0.15, 0.2) is 5.65 Å². The molecule has 0 saturated carbocycles. The van der Waals surface area contributed by atoms with Gasteiger partial charge in [0, 0.05) is 24.2 Å². The fraction of sp³-hybridized carbons (Fsp3) is 0.160. The fourth-order valence-electron chi connectivity index (χ4n) is 3.84. The van der Waals surface area contributed by atoms with Gasteiger partial charge in [-0.3, -0.25) is 4.40 Å². The third kappa shape index (κ3) is 5.14. The molecule has 0 unspecified atom stereocenters. The molecular weight excluding hydrogens is 497 g/mol. The van der Waals surface area contributed by atoms with Crippen LogP contribution in [0.4, 0.5) is 22.0 Å². The van der Waals surface area contributed by atoms with E-state index in [-0.39, 0.29) is 5.65 Å². The molecule has 0 bridgehead atoms. The van der Waals surface area contributed by atoms with Gasteiger partial charge in [-0.1, -0.05) is 30.3 Å². The minimum absolute atomic E-state index is 0.147. The van der Waals surface area contributed by atoms with Crippen LogP contribution in [0.2, 0.25) is 0 Å². The lowest BCUT2D eigenvalue weighted by Gasteiger charge is -2.17. The number of ether oxygens (including phenoxy) is 2. The van der Waals surface area contributed by atoms with Crippen molar-refractivity contribution in [3.8, 4) is 22.6 Å². The van der Waals surface area contributed by atoms with Gasteiger partial charge in [0.25, 0.3) is 0 Å². The third-order valence-corrected chi connectivity index (χ3v) is 5.57. The van der Waals surface area contributed by atoms with Crippen molar-refractivity contribution >= 4 is 5.65 Å². The van der Waals surface area contributed by atoms with Crippen LogP contribution in [0.15, 0.2) is 79.3 Å². The Balaban J connectivity index is 1.40. The number of rotatable bonds is 7. The Bertz CT molecular complexity index is 1540. The second kappa shape index (κ2) is 9.28. The molecule has 0 radical (unpaired) electrons. The SMILES string of the molecule is Cc1nccn1-c1ccccc1COC(F)(F)c1nnc2ccc(-c3ccc(OC(F)(F)F)cc3)cn12. The van der Waals surface area contributed by atoms with Crippen molar-refractivity contribution in [3.63, 3.8) is 0 Å². The Hall–Kier alpha value is -4.32. The Morgan fingerprint density at radius 1 is 0.865 bits per heavy atom. The zero-order valence-corrected chi connectivity index (χ0v) is 19.2. The van der Waals surface area contributed by atoms with E-state index in [2.05, 4.69) is 19.9 Å². The number of imidazole rings is 1. The zero-order valence-electron chi connectivity index (χ0n) is 19.2. The summed E-state index contributed by atoms with van der Waals surface area (Å²) in [4.78, 5) is 4.17. The maximum Gasteiger partial charge on any atom is 0.573 e. The summed E-state index contributed by atoms with van der Waals surface area (Å²) in [5.41, 5.74) is 2.24. The summed E-state index contributed by atoms with van der Waals surface area (Å²) >= 11 is 0. The van der Waals surface area contributed by atoms with Gasteiger partial charge in [0.2, 0.25) is 5.82 Å². The molecule has 5 aromatic rings. The summed E-state index contributed by atoms with van der Waals surface area (Å²) in [5.74, 6) is -0.445. The van der Waals surface area contributed by atoms with Crippen molar-refractivity contribution < 1.29 is 31.4 Å². The number of pyridine rings is 1. The number of halogens is 5. The van der Waals surface area contributed by atoms with E-state index in [9.17, 15) is 13.2 Å². The van der Waals surface area contributed by atoms with Crippen molar-refractivity contribution in [2.24, 2.45) is 0 Å². The number of alkyl halides is 5. The quantitative estimate of drug-likeness (QED) is 0.247. The summed E-state index contributed by atoms with van der Waals surface area (Å²) in [5, 5.41) is 7.43. The molecule has 2 aromatic carbocycles. The molecular formula is C25H18F5N5O2. The first kappa shape index (κ1) is 24.4. The van der Waals surface area contributed by atoms with Crippen molar-refractivity contribution in [1.29, 1.82) is 0 Å². The molecule has 3 heterocycles. The Morgan fingerprint density at radius 2 is 1.59 bits per heavy atom. The molecule has 37 heavy (non-hydrogen) atoms. The van der Waals surface area contributed by atoms with Crippen LogP contribution in [0, 0.1) is 6.92 Å². The number of aromatic nitrogens is 5. The molecule has 0 aliphatic carbocycles. The monoisotopic (exact) mass is 515 g/mol. The van der Waals surface area contributed by atoms with Gasteiger partial charge in [-0.05, 0) is 48.4 Å². The van der Waals surface area contributed by atoms with E-state index in [0.717, 1.165) is 16.5 Å². The van der Waals surface area contributed by atoms with E-state index in [1.165, 1.54) is 24.4 Å². The molecule has 0 saturated heterocycles. The molecule has 0 spiro atoms. The van der Waals surface area contributed by atoms with Crippen molar-refractivity contribution in [2.75, 3.05) is 0 Å². The Kier molecular flexibility index (Phi) is 6.12. The molecule has 0 N–H and O–H groups in total. The van der Waals surface area contributed by atoms with E-state index in [4.69, 9.17) is 4.74 Å². The number of nitrogens with zero attached hydrogens (tertiary/aromatic N) is 5. The molecule has 0 atom stereocenters. The molecule has 7 nitrogen and oxygen atoms in total. The standard InChI is InChI=1S/C25H18F5N5O2/c1-16-31-12-13-34(16)21-5-3-2-4-19(21)15-36-24(26,27)23-33-32-22-11-8-18(14-35(22)23)17-6-9-20(10-7-17)37-25(28,29)30/h2-14H,15H2,1H3. The molecule has 12 heteroatoms. The van der Waals surface area contributed by atoms with Crippen LogP contribution >= 0.6 is 0 Å². The fourth-order valence-corrected chi connectivity index (χ4v) is 3.84. The maximum absolute atomic E-state index is 15.2. The van der Waals surface area contributed by atoms with E-state index >= 15 is 8.78 Å². The van der Waals surface area contributed by atoms with E-state index in [0.29, 0.717) is 28.2 Å². The highest BCUT2D eigenvalue weighted by molar-refractivity contribution is 5.65. The first-order chi connectivity index (χ1) is 17.6. The number of fused-ring (bicyclic) bond motifs is 1. The lowest BCUT2D eigenvalue weighted by atomic mass is 10.1. The lowest BCUT2D eigenvalue weighted by Crippen LogP contribution is -2.22. The second-order valence-electron chi connectivity index (χ2n) is 8.02. The number of para-hydroxylation sites is 1. The number of aryl methyl sites for hydroxylation is 1. The van der Waals surface area contributed by atoms with Gasteiger partial charge in [0.1, 0.15) is 11.6 Å². The van der Waals surface area contributed by atoms with Crippen LogP contribution in [-0.4, -0.2) is 30.5 Å². The maximum atomic E-state index is 15.2. The highest BCUT2D eigenvalue weighted by Crippen LogP contribution is 2.32. The zero-order chi connectivity index (χ0) is 26.2. The van der Waals surface area contributed by atoms with Crippen molar-refractivity contribution in [3.05, 3.63) is 96.5 Å². The smallest absolute Gasteiger partial charge is 0.406 e. The third-order valence-electron chi connectivity index (χ3n) is 5.57. The first-order valence-corrected chi connectivity index (χ1v) is 10.9. The summed E-state index contributed by atoms with van der Waals surface area (Å²) < 4.78 is 79.4. The van der Waals surface area contributed by atoms with Gasteiger partial charge >= 0.3 is 12.5 Å². The summed E-state index contributed by atoms with van der Waals surface area (Å²) in [7, 11) is 0. The molecule has 0 amide bonds. The first-order valence-electron chi connectivity index (χ1n) is 10.9. The van der Waals surface area contributed by atoms with Gasteiger partial charge in [-0.25, -0.2) is 4.98 Å². The van der Waals surface area contributed by atoms with E-state index in [1.807, 2.05) is 0 Å². The predicted octanol–water partition coefficient (Wildman–Crippen LogP) is 6.06. The number of hydrogen-bond acceptors (Lipinski definition) is 5. The Labute approximate surface area is 206 Å². The molecule has 0 aliphatic rings. The number of hydrogen-bond donors (Lipinski definition) is 0. The molecule has 0 fully saturated rings. The minimum Gasteiger partial charge on any atom is -0.406 e. The second-order valence-corrected chi connectivity index (χ2v) is 8.02. The van der Waals surface area contributed by atoms with Crippen LogP contribution in [0.1, 0.15) is 17.2 Å². The molecule has 190 valence electrons. The van der Waals surface area contributed by atoms with Gasteiger partial charge in [-0.2, -0.15) is 8.78 Å². The van der Waals surface area contributed by atoms with E-state index < -0.39 is 30.7 Å². The van der Waals surface area contributed by atoms with Crippen LogP contribution in [0.5, 0.6) is 5.75 Å². The normalized spacial score (nSPS) is 12.3. The highest BCUT2D eigenvalue weighted by Gasteiger charge is 2.39. The average molecular weight is 515 g/mol. The minimum atomic E-state index is -4.82. The van der Waals surface area contributed by atoms with Crippen LogP contribution in [-0.2, 0) is 17.5 Å². The predicted molar refractivity (Wildman–Crippen MR) is 122 cm³/mol. The summed E-state index contributed by atoms with van der Waals surface area (Å²) in [6.07, 6.45) is -3.93.